The standard InChI is InChI=1S/C14H10.2Co/c1-3-7-13(8-4-1)11-12-14-9-5-2-6-10-14;;/h1-10H;;. The van der Waals surface area contributed by atoms with Crippen LogP contribution in [0.15, 0.2) is 60.7 Å². The minimum atomic E-state index is 0. The monoisotopic (exact) mass is 296 g/mol. The Kier molecular flexibility index (Phi) is 7.69. The Bertz CT molecular complexity index is 409. The van der Waals surface area contributed by atoms with Crippen molar-refractivity contribution in [3.63, 3.8) is 0 Å². The largest absolute Gasteiger partial charge is 0.0622 e. The Morgan fingerprint density at radius 3 is 1.12 bits per heavy atom. The number of benzene rings is 2. The zero-order valence-electron chi connectivity index (χ0n) is 8.44. The molecule has 0 unspecified atom stereocenters. The fraction of sp³-hybridized carbons (Fsp3) is 0. The molecule has 0 saturated heterocycles. The van der Waals surface area contributed by atoms with Crippen LogP contribution in [0.25, 0.3) is 0 Å². The van der Waals surface area contributed by atoms with E-state index in [4.69, 9.17) is 0 Å². The maximum atomic E-state index is 3.11. The summed E-state index contributed by atoms with van der Waals surface area (Å²) >= 11 is 0. The molecule has 2 aromatic rings. The van der Waals surface area contributed by atoms with E-state index in [0.29, 0.717) is 0 Å². The minimum absolute atomic E-state index is 0. The van der Waals surface area contributed by atoms with Crippen molar-refractivity contribution >= 4 is 0 Å². The van der Waals surface area contributed by atoms with Gasteiger partial charge in [-0.1, -0.05) is 48.2 Å². The van der Waals surface area contributed by atoms with Crippen LogP contribution in [0, 0.1) is 11.8 Å². The molecule has 0 fully saturated rings. The summed E-state index contributed by atoms with van der Waals surface area (Å²) < 4.78 is 0. The maximum absolute atomic E-state index is 3.11. The van der Waals surface area contributed by atoms with Gasteiger partial charge in [0.1, 0.15) is 0 Å². The molecule has 0 bridgehead atoms. The van der Waals surface area contributed by atoms with E-state index in [1.165, 1.54) is 0 Å². The molecule has 2 rings (SSSR count). The molecule has 0 saturated carbocycles. The molecule has 0 atom stereocenters. The van der Waals surface area contributed by atoms with Crippen LogP contribution >= 0.6 is 0 Å². The van der Waals surface area contributed by atoms with Gasteiger partial charge in [0.05, 0.1) is 0 Å². The Morgan fingerprint density at radius 1 is 0.500 bits per heavy atom. The van der Waals surface area contributed by atoms with Gasteiger partial charge in [-0.3, -0.25) is 0 Å². The third kappa shape index (κ3) is 4.69. The molecule has 0 N–H and O–H groups in total. The van der Waals surface area contributed by atoms with Crippen molar-refractivity contribution in [1.82, 2.24) is 0 Å². The van der Waals surface area contributed by atoms with E-state index < -0.39 is 0 Å². The minimum Gasteiger partial charge on any atom is -0.0622 e. The second kappa shape index (κ2) is 8.20. The van der Waals surface area contributed by atoms with Crippen molar-refractivity contribution in [1.29, 1.82) is 0 Å². The summed E-state index contributed by atoms with van der Waals surface area (Å²) in [6, 6.07) is 20.0. The van der Waals surface area contributed by atoms with Crippen molar-refractivity contribution in [3.8, 4) is 11.8 Å². The second-order valence-corrected chi connectivity index (χ2v) is 2.98. The van der Waals surface area contributed by atoms with Crippen LogP contribution < -0.4 is 0 Å². The van der Waals surface area contributed by atoms with Crippen LogP contribution in [0.3, 0.4) is 0 Å². The molecule has 0 aliphatic rings. The molecule has 84 valence electrons. The first-order chi connectivity index (χ1) is 6.95. The number of hydrogen-bond donors (Lipinski definition) is 0. The molecule has 0 aliphatic heterocycles. The smallest absolute Gasteiger partial charge is 0.0249 e. The molecule has 0 heterocycles. The van der Waals surface area contributed by atoms with E-state index in [1.54, 1.807) is 0 Å². The summed E-state index contributed by atoms with van der Waals surface area (Å²) in [4.78, 5) is 0. The molecule has 2 aromatic carbocycles. The van der Waals surface area contributed by atoms with Gasteiger partial charge in [-0.2, -0.15) is 0 Å². The predicted molar refractivity (Wildman–Crippen MR) is 58.9 cm³/mol. The Labute approximate surface area is 117 Å². The second-order valence-electron chi connectivity index (χ2n) is 2.98. The van der Waals surface area contributed by atoms with Gasteiger partial charge in [0, 0.05) is 44.7 Å². The first kappa shape index (κ1) is 15.0. The summed E-state index contributed by atoms with van der Waals surface area (Å²) in [7, 11) is 0. The van der Waals surface area contributed by atoms with E-state index in [2.05, 4.69) is 11.8 Å². The van der Waals surface area contributed by atoms with Crippen LogP contribution in [0.4, 0.5) is 0 Å². The van der Waals surface area contributed by atoms with E-state index in [-0.39, 0.29) is 33.6 Å². The molecule has 0 aromatic heterocycles. The fourth-order valence-corrected chi connectivity index (χ4v) is 1.19. The van der Waals surface area contributed by atoms with Crippen LogP contribution in [-0.2, 0) is 33.6 Å². The van der Waals surface area contributed by atoms with Gasteiger partial charge in [0.15, 0.2) is 0 Å². The van der Waals surface area contributed by atoms with E-state index in [1.807, 2.05) is 60.7 Å². The molecule has 2 heteroatoms. The number of rotatable bonds is 0. The van der Waals surface area contributed by atoms with E-state index in [0.717, 1.165) is 11.1 Å². The molecule has 16 heavy (non-hydrogen) atoms. The van der Waals surface area contributed by atoms with Crippen LogP contribution in [-0.4, -0.2) is 0 Å². The van der Waals surface area contributed by atoms with Gasteiger partial charge < -0.3 is 0 Å². The van der Waals surface area contributed by atoms with Gasteiger partial charge in [-0.15, -0.1) is 0 Å². The fourth-order valence-electron chi connectivity index (χ4n) is 1.19. The van der Waals surface area contributed by atoms with Crippen LogP contribution in [0.5, 0.6) is 0 Å². The van der Waals surface area contributed by atoms with Gasteiger partial charge in [0.25, 0.3) is 0 Å². The van der Waals surface area contributed by atoms with Gasteiger partial charge in [-0.05, 0) is 24.3 Å². The van der Waals surface area contributed by atoms with Crippen molar-refractivity contribution in [3.05, 3.63) is 71.8 Å². The average Bonchev–Trinajstić information content (AvgIpc) is 2.29. The first-order valence-electron chi connectivity index (χ1n) is 4.57. The maximum Gasteiger partial charge on any atom is 0.0249 e. The quantitative estimate of drug-likeness (QED) is 0.655. The van der Waals surface area contributed by atoms with Crippen LogP contribution in [0.2, 0.25) is 0 Å². The zero-order chi connectivity index (χ0) is 9.64. The van der Waals surface area contributed by atoms with Crippen molar-refractivity contribution < 1.29 is 33.6 Å². The van der Waals surface area contributed by atoms with Crippen molar-refractivity contribution in [2.45, 2.75) is 0 Å². The van der Waals surface area contributed by atoms with E-state index in [9.17, 15) is 0 Å². The molecular formula is C14H10Co2. The summed E-state index contributed by atoms with van der Waals surface area (Å²) in [5, 5.41) is 0. The third-order valence-electron chi connectivity index (χ3n) is 1.90. The average molecular weight is 296 g/mol. The SMILES string of the molecule is C(#Cc1ccccc1)c1ccccc1.[Co].[Co]. The topological polar surface area (TPSA) is 0 Å². The van der Waals surface area contributed by atoms with Crippen molar-refractivity contribution in [2.24, 2.45) is 0 Å². The van der Waals surface area contributed by atoms with E-state index >= 15 is 0 Å². The van der Waals surface area contributed by atoms with Gasteiger partial charge in [0.2, 0.25) is 0 Å². The summed E-state index contributed by atoms with van der Waals surface area (Å²) in [6.45, 7) is 0. The first-order valence-corrected chi connectivity index (χ1v) is 4.57. The molecule has 0 spiro atoms. The van der Waals surface area contributed by atoms with Gasteiger partial charge in [-0.25, -0.2) is 0 Å². The summed E-state index contributed by atoms with van der Waals surface area (Å²) in [5.74, 6) is 6.22. The predicted octanol–water partition coefficient (Wildman–Crippen LogP) is 3.08. The Hall–Kier alpha value is -0.987. The Morgan fingerprint density at radius 2 is 0.812 bits per heavy atom. The number of hydrogen-bond acceptors (Lipinski definition) is 0. The molecular weight excluding hydrogens is 286 g/mol. The van der Waals surface area contributed by atoms with Crippen LogP contribution in [0.1, 0.15) is 11.1 Å². The zero-order valence-corrected chi connectivity index (χ0v) is 10.5. The normalized spacial score (nSPS) is 7.75. The summed E-state index contributed by atoms with van der Waals surface area (Å²) in [6.07, 6.45) is 0. The third-order valence-corrected chi connectivity index (χ3v) is 1.90. The van der Waals surface area contributed by atoms with Crippen molar-refractivity contribution in [2.75, 3.05) is 0 Å². The molecule has 0 nitrogen and oxygen atoms in total. The molecule has 2 radical (unpaired) electrons. The summed E-state index contributed by atoms with van der Waals surface area (Å²) in [5.41, 5.74) is 2.10. The Balaban J connectivity index is 0.00000112. The van der Waals surface area contributed by atoms with Gasteiger partial charge >= 0.3 is 0 Å². The molecule has 0 aliphatic carbocycles. The molecule has 0 amide bonds.